The third kappa shape index (κ3) is 3.27. The molecule has 0 saturated heterocycles. The van der Waals surface area contributed by atoms with Crippen molar-refractivity contribution >= 4 is 27.3 Å². The van der Waals surface area contributed by atoms with E-state index in [1.165, 1.54) is 12.1 Å². The zero-order valence-corrected chi connectivity index (χ0v) is 12.4. The van der Waals surface area contributed by atoms with Gasteiger partial charge in [-0.3, -0.25) is 4.98 Å². The van der Waals surface area contributed by atoms with Gasteiger partial charge in [0.05, 0.1) is 22.9 Å². The molecule has 2 aromatic rings. The van der Waals surface area contributed by atoms with Crippen LogP contribution in [0.4, 0.5) is 5.69 Å². The molecule has 0 aliphatic rings. The van der Waals surface area contributed by atoms with Crippen molar-refractivity contribution in [1.82, 2.24) is 9.71 Å². The molecule has 2 rings (SSSR count). The fourth-order valence-electron chi connectivity index (χ4n) is 1.75. The second-order valence-corrected chi connectivity index (χ2v) is 6.36. The Bertz CT molecular complexity index is 712. The summed E-state index contributed by atoms with van der Waals surface area (Å²) in [5.74, 6) is 0. The van der Waals surface area contributed by atoms with Crippen LogP contribution >= 0.6 is 11.6 Å². The number of sulfonamides is 1. The summed E-state index contributed by atoms with van der Waals surface area (Å²) in [6, 6.07) is 9.97. The third-order valence-corrected chi connectivity index (χ3v) is 4.60. The molecule has 0 bridgehead atoms. The quantitative estimate of drug-likeness (QED) is 0.847. The van der Waals surface area contributed by atoms with E-state index in [0.717, 1.165) is 5.69 Å². The monoisotopic (exact) mass is 311 g/mol. The number of nitrogens with two attached hydrogens (primary N) is 1. The van der Waals surface area contributed by atoms with E-state index in [1.54, 1.807) is 12.1 Å². The number of nitrogen functional groups attached to an aromatic ring is 1. The van der Waals surface area contributed by atoms with Gasteiger partial charge in [-0.25, -0.2) is 13.1 Å². The molecule has 0 aliphatic carbocycles. The number of benzene rings is 1. The Morgan fingerprint density at radius 1 is 1.25 bits per heavy atom. The van der Waals surface area contributed by atoms with Gasteiger partial charge in [0.15, 0.2) is 0 Å². The number of aromatic nitrogens is 1. The summed E-state index contributed by atoms with van der Waals surface area (Å²) in [7, 11) is -3.78. The van der Waals surface area contributed by atoms with Crippen molar-refractivity contribution in [3.05, 3.63) is 52.8 Å². The molecule has 20 heavy (non-hydrogen) atoms. The van der Waals surface area contributed by atoms with Gasteiger partial charge in [-0.1, -0.05) is 23.7 Å². The van der Waals surface area contributed by atoms with Crippen molar-refractivity contribution in [2.45, 2.75) is 18.4 Å². The van der Waals surface area contributed by atoms with Crippen LogP contribution < -0.4 is 10.5 Å². The lowest BCUT2D eigenvalue weighted by Gasteiger charge is -2.10. The molecule has 0 amide bonds. The molecule has 1 heterocycles. The minimum atomic E-state index is -3.78. The van der Waals surface area contributed by atoms with E-state index < -0.39 is 10.0 Å². The molecule has 0 spiro atoms. The maximum Gasteiger partial charge on any atom is 0.244 e. The lowest BCUT2D eigenvalue weighted by Crippen LogP contribution is -2.25. The average molecular weight is 312 g/mol. The molecule has 5 nitrogen and oxygen atoms in total. The maximum absolute atomic E-state index is 12.2. The van der Waals surface area contributed by atoms with Crippen molar-refractivity contribution in [2.75, 3.05) is 5.73 Å². The predicted octanol–water partition coefficient (Wildman–Crippen LogP) is 2.10. The standard InChI is InChI=1S/C13H14ClN3O2S/c1-9-4-2-5-10(17-9)8-16-20(18,19)13-11(14)6-3-7-12(13)15/h2-7,16H,8,15H2,1H3. The van der Waals surface area contributed by atoms with E-state index in [2.05, 4.69) is 9.71 Å². The van der Waals surface area contributed by atoms with E-state index in [-0.39, 0.29) is 22.2 Å². The molecule has 1 aromatic carbocycles. The summed E-state index contributed by atoms with van der Waals surface area (Å²) in [5.41, 5.74) is 7.24. The molecule has 0 fully saturated rings. The van der Waals surface area contributed by atoms with E-state index >= 15 is 0 Å². The summed E-state index contributed by atoms with van der Waals surface area (Å²) in [5, 5.41) is 0.0923. The Hall–Kier alpha value is -1.63. The van der Waals surface area contributed by atoms with Crippen molar-refractivity contribution < 1.29 is 8.42 Å². The number of rotatable bonds is 4. The van der Waals surface area contributed by atoms with Crippen LogP contribution in [-0.4, -0.2) is 13.4 Å². The van der Waals surface area contributed by atoms with Crippen LogP contribution in [0.15, 0.2) is 41.3 Å². The lowest BCUT2D eigenvalue weighted by atomic mass is 10.3. The fourth-order valence-corrected chi connectivity index (χ4v) is 3.42. The molecule has 0 unspecified atom stereocenters. The minimum absolute atomic E-state index is 0.0781. The summed E-state index contributed by atoms with van der Waals surface area (Å²) < 4.78 is 26.9. The second kappa shape index (κ2) is 5.78. The Balaban J connectivity index is 2.24. The Morgan fingerprint density at radius 2 is 1.95 bits per heavy atom. The average Bonchev–Trinajstić information content (AvgIpc) is 2.36. The first-order valence-corrected chi connectivity index (χ1v) is 7.72. The summed E-state index contributed by atoms with van der Waals surface area (Å²) in [4.78, 5) is 4.12. The van der Waals surface area contributed by atoms with Crippen LogP contribution in [-0.2, 0) is 16.6 Å². The maximum atomic E-state index is 12.2. The normalized spacial score (nSPS) is 11.5. The Morgan fingerprint density at radius 3 is 2.60 bits per heavy atom. The summed E-state index contributed by atoms with van der Waals surface area (Å²) in [6.45, 7) is 1.92. The van der Waals surface area contributed by atoms with E-state index in [4.69, 9.17) is 17.3 Å². The highest BCUT2D eigenvalue weighted by atomic mass is 35.5. The van der Waals surface area contributed by atoms with Crippen molar-refractivity contribution in [3.8, 4) is 0 Å². The van der Waals surface area contributed by atoms with Crippen LogP contribution in [0.3, 0.4) is 0 Å². The first-order valence-electron chi connectivity index (χ1n) is 5.86. The minimum Gasteiger partial charge on any atom is -0.398 e. The number of nitrogens with one attached hydrogen (secondary N) is 1. The van der Waals surface area contributed by atoms with Gasteiger partial charge in [-0.2, -0.15) is 0 Å². The second-order valence-electron chi connectivity index (χ2n) is 4.25. The Labute approximate surface area is 122 Å². The van der Waals surface area contributed by atoms with Gasteiger partial charge in [-0.15, -0.1) is 0 Å². The van der Waals surface area contributed by atoms with E-state index in [0.29, 0.717) is 5.69 Å². The van der Waals surface area contributed by atoms with Crippen molar-refractivity contribution in [3.63, 3.8) is 0 Å². The smallest absolute Gasteiger partial charge is 0.244 e. The van der Waals surface area contributed by atoms with Gasteiger partial charge in [-0.05, 0) is 31.2 Å². The van der Waals surface area contributed by atoms with Gasteiger partial charge < -0.3 is 5.73 Å². The largest absolute Gasteiger partial charge is 0.398 e. The number of anilines is 1. The van der Waals surface area contributed by atoms with Gasteiger partial charge in [0.2, 0.25) is 10.0 Å². The van der Waals surface area contributed by atoms with Crippen molar-refractivity contribution in [1.29, 1.82) is 0 Å². The number of nitrogens with zero attached hydrogens (tertiary/aromatic N) is 1. The van der Waals surface area contributed by atoms with Crippen LogP contribution in [0.2, 0.25) is 5.02 Å². The van der Waals surface area contributed by atoms with Gasteiger partial charge in [0, 0.05) is 5.69 Å². The van der Waals surface area contributed by atoms with E-state index in [9.17, 15) is 8.42 Å². The lowest BCUT2D eigenvalue weighted by molar-refractivity contribution is 0.581. The molecular weight excluding hydrogens is 298 g/mol. The van der Waals surface area contributed by atoms with Gasteiger partial charge in [0.1, 0.15) is 4.90 Å². The molecule has 0 atom stereocenters. The number of hydrogen-bond donors (Lipinski definition) is 2. The SMILES string of the molecule is Cc1cccc(CNS(=O)(=O)c2c(N)cccc2Cl)n1. The molecule has 3 N–H and O–H groups in total. The Kier molecular flexibility index (Phi) is 4.27. The summed E-state index contributed by atoms with van der Waals surface area (Å²) >= 11 is 5.91. The highest BCUT2D eigenvalue weighted by Gasteiger charge is 2.20. The first-order chi connectivity index (χ1) is 9.40. The van der Waals surface area contributed by atoms with Gasteiger partial charge >= 0.3 is 0 Å². The van der Waals surface area contributed by atoms with Crippen LogP contribution in [0.1, 0.15) is 11.4 Å². The number of halogens is 1. The fraction of sp³-hybridized carbons (Fsp3) is 0.154. The zero-order valence-electron chi connectivity index (χ0n) is 10.8. The highest BCUT2D eigenvalue weighted by Crippen LogP contribution is 2.26. The first kappa shape index (κ1) is 14.8. The number of pyridine rings is 1. The third-order valence-electron chi connectivity index (χ3n) is 2.66. The molecule has 0 saturated carbocycles. The van der Waals surface area contributed by atoms with Crippen LogP contribution in [0.5, 0.6) is 0 Å². The molecule has 0 radical (unpaired) electrons. The zero-order chi connectivity index (χ0) is 14.8. The molecule has 7 heteroatoms. The highest BCUT2D eigenvalue weighted by molar-refractivity contribution is 7.89. The predicted molar refractivity (Wildman–Crippen MR) is 78.9 cm³/mol. The van der Waals surface area contributed by atoms with Crippen LogP contribution in [0, 0.1) is 6.92 Å². The molecule has 1 aromatic heterocycles. The number of aryl methyl sites for hydroxylation is 1. The number of hydrogen-bond acceptors (Lipinski definition) is 4. The van der Waals surface area contributed by atoms with Crippen LogP contribution in [0.25, 0.3) is 0 Å². The molecule has 0 aliphatic heterocycles. The topological polar surface area (TPSA) is 85.1 Å². The molecular formula is C13H14ClN3O2S. The van der Waals surface area contributed by atoms with E-state index in [1.807, 2.05) is 19.1 Å². The summed E-state index contributed by atoms with van der Waals surface area (Å²) in [6.07, 6.45) is 0. The van der Waals surface area contributed by atoms with Gasteiger partial charge in [0.25, 0.3) is 0 Å². The van der Waals surface area contributed by atoms with Crippen molar-refractivity contribution in [2.24, 2.45) is 0 Å². The molecule has 106 valence electrons.